The standard InChI is InChI=1S/C13H13FN2O4S/c1-12(14)6-8(17)9(6)20-13(12,19-2)10-7-5(3-21-10)11(18)16-4-15-7/h3-4,6,8-9,17H,1-2H3,(H,15,16,18). The molecule has 2 aromatic heterocycles. The maximum absolute atomic E-state index is 15.3. The number of alkyl halides is 1. The summed E-state index contributed by atoms with van der Waals surface area (Å²) in [6.07, 6.45) is -0.130. The molecular formula is C13H13FN2O4S. The van der Waals surface area contributed by atoms with Crippen molar-refractivity contribution in [3.05, 3.63) is 26.9 Å². The van der Waals surface area contributed by atoms with E-state index < -0.39 is 29.6 Å². The van der Waals surface area contributed by atoms with Crippen molar-refractivity contribution in [2.45, 2.75) is 30.6 Å². The third-order valence-electron chi connectivity index (χ3n) is 4.47. The molecular weight excluding hydrogens is 299 g/mol. The molecule has 8 heteroatoms. The molecule has 112 valence electrons. The number of methoxy groups -OCH3 is 1. The average Bonchev–Trinajstić information content (AvgIpc) is 2.82. The van der Waals surface area contributed by atoms with Crippen LogP contribution in [0.3, 0.4) is 0 Å². The van der Waals surface area contributed by atoms with Crippen molar-refractivity contribution in [3.63, 3.8) is 0 Å². The first-order valence-corrected chi connectivity index (χ1v) is 7.37. The summed E-state index contributed by atoms with van der Waals surface area (Å²) in [4.78, 5) is 18.8. The molecule has 4 rings (SSSR count). The van der Waals surface area contributed by atoms with E-state index >= 15 is 4.39 Å². The third kappa shape index (κ3) is 1.41. The fraction of sp³-hybridized carbons (Fsp3) is 0.538. The van der Waals surface area contributed by atoms with Gasteiger partial charge >= 0.3 is 0 Å². The van der Waals surface area contributed by atoms with Crippen LogP contribution >= 0.6 is 11.3 Å². The number of H-pyrrole nitrogens is 1. The van der Waals surface area contributed by atoms with Crippen molar-refractivity contribution in [3.8, 4) is 0 Å². The summed E-state index contributed by atoms with van der Waals surface area (Å²) in [7, 11) is 1.35. The lowest BCUT2D eigenvalue weighted by Crippen LogP contribution is -2.48. The van der Waals surface area contributed by atoms with Crippen molar-refractivity contribution >= 4 is 22.2 Å². The molecule has 0 amide bonds. The summed E-state index contributed by atoms with van der Waals surface area (Å²) in [5.41, 5.74) is -1.84. The summed E-state index contributed by atoms with van der Waals surface area (Å²) in [6.45, 7) is 1.36. The number of nitrogens with one attached hydrogen (secondary N) is 1. The smallest absolute Gasteiger partial charge is 0.259 e. The summed E-state index contributed by atoms with van der Waals surface area (Å²) in [6, 6.07) is 0. The molecule has 21 heavy (non-hydrogen) atoms. The first-order valence-electron chi connectivity index (χ1n) is 6.49. The summed E-state index contributed by atoms with van der Waals surface area (Å²) in [5.74, 6) is -2.27. The molecule has 2 N–H and O–H groups in total. The van der Waals surface area contributed by atoms with E-state index in [0.29, 0.717) is 15.8 Å². The van der Waals surface area contributed by atoms with Gasteiger partial charge in [0.05, 0.1) is 40.2 Å². The Morgan fingerprint density at radius 1 is 1.62 bits per heavy atom. The van der Waals surface area contributed by atoms with Gasteiger partial charge < -0.3 is 19.6 Å². The molecule has 6 nitrogen and oxygen atoms in total. The molecule has 0 bridgehead atoms. The van der Waals surface area contributed by atoms with Crippen molar-refractivity contribution in [1.29, 1.82) is 0 Å². The monoisotopic (exact) mass is 312 g/mol. The topological polar surface area (TPSA) is 84.4 Å². The molecule has 2 fully saturated rings. The van der Waals surface area contributed by atoms with E-state index in [1.54, 1.807) is 5.38 Å². The normalized spacial score (nSPS) is 41.4. The van der Waals surface area contributed by atoms with Crippen LogP contribution in [0.15, 0.2) is 16.5 Å². The van der Waals surface area contributed by atoms with E-state index in [1.165, 1.54) is 31.7 Å². The second-order valence-corrected chi connectivity index (χ2v) is 6.43. The van der Waals surface area contributed by atoms with Gasteiger partial charge in [0.2, 0.25) is 5.79 Å². The highest BCUT2D eigenvalue weighted by Gasteiger charge is 2.78. The Balaban J connectivity index is 1.94. The fourth-order valence-corrected chi connectivity index (χ4v) is 4.50. The Hall–Kier alpha value is -1.35. The van der Waals surface area contributed by atoms with Gasteiger partial charge in [-0.2, -0.15) is 0 Å². The number of nitrogens with zero attached hydrogens (tertiary/aromatic N) is 1. The molecule has 2 aromatic rings. The Kier molecular flexibility index (Phi) is 2.47. The average molecular weight is 312 g/mol. The third-order valence-corrected chi connectivity index (χ3v) is 5.53. The van der Waals surface area contributed by atoms with Crippen LogP contribution in [0.25, 0.3) is 10.9 Å². The molecule has 3 heterocycles. The van der Waals surface area contributed by atoms with Crippen LogP contribution in [-0.4, -0.2) is 40.1 Å². The Morgan fingerprint density at radius 2 is 2.38 bits per heavy atom. The number of ether oxygens (including phenoxy) is 2. The molecule has 2 aliphatic rings. The zero-order valence-corrected chi connectivity index (χ0v) is 12.1. The van der Waals surface area contributed by atoms with Crippen LogP contribution in [0.4, 0.5) is 4.39 Å². The van der Waals surface area contributed by atoms with Crippen molar-refractivity contribution in [2.24, 2.45) is 5.92 Å². The van der Waals surface area contributed by atoms with Gasteiger partial charge in [0, 0.05) is 12.5 Å². The van der Waals surface area contributed by atoms with Crippen molar-refractivity contribution < 1.29 is 19.0 Å². The lowest BCUT2D eigenvalue weighted by Gasteiger charge is -2.37. The largest absolute Gasteiger partial charge is 0.390 e. The highest BCUT2D eigenvalue weighted by atomic mass is 32.1. The van der Waals surface area contributed by atoms with Crippen molar-refractivity contribution in [2.75, 3.05) is 7.11 Å². The number of aliphatic hydroxyl groups is 1. The second-order valence-electron chi connectivity index (χ2n) is 5.55. The molecule has 5 atom stereocenters. The summed E-state index contributed by atoms with van der Waals surface area (Å²) < 4.78 is 26.4. The first kappa shape index (κ1) is 13.3. The predicted octanol–water partition coefficient (Wildman–Crippen LogP) is 0.901. The molecule has 1 aliphatic heterocycles. The zero-order chi connectivity index (χ0) is 15.0. The van der Waals surface area contributed by atoms with Crippen molar-refractivity contribution in [1.82, 2.24) is 9.97 Å². The van der Waals surface area contributed by atoms with E-state index in [1.807, 2.05) is 0 Å². The Bertz CT molecular complexity index is 788. The number of hydrogen-bond donors (Lipinski definition) is 2. The van der Waals surface area contributed by atoms with Crippen LogP contribution in [0.5, 0.6) is 0 Å². The van der Waals surface area contributed by atoms with Gasteiger partial charge in [0.1, 0.15) is 0 Å². The molecule has 0 radical (unpaired) electrons. The zero-order valence-electron chi connectivity index (χ0n) is 11.3. The molecule has 1 saturated carbocycles. The highest BCUT2D eigenvalue weighted by molar-refractivity contribution is 7.11. The number of aliphatic hydroxyl groups excluding tert-OH is 1. The number of halogens is 1. The summed E-state index contributed by atoms with van der Waals surface area (Å²) >= 11 is 1.17. The summed E-state index contributed by atoms with van der Waals surface area (Å²) in [5, 5.41) is 11.7. The SMILES string of the molecule is COC1(c2scc3c(=O)[nH]cnc23)OC2C(O)C2C1(C)F. The molecule has 5 unspecified atom stereocenters. The van der Waals surface area contributed by atoms with E-state index in [-0.39, 0.29) is 5.56 Å². The minimum Gasteiger partial charge on any atom is -0.390 e. The quantitative estimate of drug-likeness (QED) is 0.861. The molecule has 1 saturated heterocycles. The number of rotatable bonds is 2. The number of aromatic nitrogens is 2. The van der Waals surface area contributed by atoms with Gasteiger partial charge in [-0.15, -0.1) is 11.3 Å². The fourth-order valence-electron chi connectivity index (χ4n) is 3.29. The minimum atomic E-state index is -1.91. The van der Waals surface area contributed by atoms with Gasteiger partial charge in [-0.3, -0.25) is 4.79 Å². The number of hydrogen-bond acceptors (Lipinski definition) is 6. The minimum absolute atomic E-state index is 0.294. The number of fused-ring (bicyclic) bond motifs is 2. The van der Waals surface area contributed by atoms with Crippen LogP contribution in [0.2, 0.25) is 0 Å². The van der Waals surface area contributed by atoms with Gasteiger partial charge in [0.15, 0.2) is 5.67 Å². The molecule has 0 aromatic carbocycles. The van der Waals surface area contributed by atoms with E-state index in [4.69, 9.17) is 9.47 Å². The maximum Gasteiger partial charge on any atom is 0.259 e. The maximum atomic E-state index is 15.3. The number of aromatic amines is 1. The second kappa shape index (κ2) is 3.89. The van der Waals surface area contributed by atoms with Crippen LogP contribution in [0, 0.1) is 5.92 Å². The van der Waals surface area contributed by atoms with Gasteiger partial charge in [-0.1, -0.05) is 0 Å². The van der Waals surface area contributed by atoms with E-state index in [2.05, 4.69) is 9.97 Å². The van der Waals surface area contributed by atoms with Gasteiger partial charge in [-0.05, 0) is 6.92 Å². The first-order chi connectivity index (χ1) is 9.94. The molecule has 1 aliphatic carbocycles. The molecule has 0 spiro atoms. The van der Waals surface area contributed by atoms with Gasteiger partial charge in [-0.25, -0.2) is 9.37 Å². The van der Waals surface area contributed by atoms with E-state index in [9.17, 15) is 9.90 Å². The van der Waals surface area contributed by atoms with Crippen LogP contribution in [-0.2, 0) is 15.3 Å². The highest BCUT2D eigenvalue weighted by Crippen LogP contribution is 2.64. The van der Waals surface area contributed by atoms with E-state index in [0.717, 1.165) is 0 Å². The lowest BCUT2D eigenvalue weighted by atomic mass is 9.91. The Labute approximate surface area is 122 Å². The Morgan fingerprint density at radius 3 is 3.00 bits per heavy atom. The van der Waals surface area contributed by atoms with Gasteiger partial charge in [0.25, 0.3) is 5.56 Å². The van der Waals surface area contributed by atoms with Crippen LogP contribution < -0.4 is 5.56 Å². The van der Waals surface area contributed by atoms with Crippen LogP contribution in [0.1, 0.15) is 11.8 Å². The predicted molar refractivity (Wildman–Crippen MR) is 72.8 cm³/mol. The lowest BCUT2D eigenvalue weighted by molar-refractivity contribution is -0.279. The number of thiophene rings is 1.